The van der Waals surface area contributed by atoms with Gasteiger partial charge >= 0.3 is 0 Å². The lowest BCUT2D eigenvalue weighted by molar-refractivity contribution is -0.112. The van der Waals surface area contributed by atoms with E-state index in [-0.39, 0.29) is 34.0 Å². The van der Waals surface area contributed by atoms with Gasteiger partial charge in [0.05, 0.1) is 10.7 Å². The van der Waals surface area contributed by atoms with Gasteiger partial charge in [-0.15, -0.1) is 0 Å². The van der Waals surface area contributed by atoms with Gasteiger partial charge in [-0.05, 0) is 31.2 Å². The van der Waals surface area contributed by atoms with E-state index in [4.69, 9.17) is 11.6 Å². The summed E-state index contributed by atoms with van der Waals surface area (Å²) >= 11 is 5.97. The molecule has 0 aliphatic carbocycles. The zero-order valence-electron chi connectivity index (χ0n) is 15.5. The third-order valence-corrected chi connectivity index (χ3v) is 4.29. The Morgan fingerprint density at radius 3 is 2.39 bits per heavy atom. The van der Waals surface area contributed by atoms with E-state index in [9.17, 15) is 22.4 Å². The Morgan fingerprint density at radius 1 is 1.21 bits per heavy atom. The molecule has 0 spiro atoms. The molecule has 28 heavy (non-hydrogen) atoms. The fourth-order valence-electron chi connectivity index (χ4n) is 2.48. The quantitative estimate of drug-likeness (QED) is 0.485. The number of amides is 1. The van der Waals surface area contributed by atoms with Crippen molar-refractivity contribution < 1.29 is 22.4 Å². The lowest BCUT2D eigenvalue weighted by atomic mass is 10.1. The summed E-state index contributed by atoms with van der Waals surface area (Å²) in [6.07, 6.45) is 1.40. The van der Waals surface area contributed by atoms with Crippen LogP contribution in [0.25, 0.3) is 0 Å². The third-order valence-electron chi connectivity index (χ3n) is 3.96. The molecule has 0 bridgehead atoms. The molecular formula is C20H19ClF4N2O. The highest BCUT2D eigenvalue weighted by Gasteiger charge is 2.25. The third kappa shape index (κ3) is 5.48. The molecule has 0 aliphatic heterocycles. The van der Waals surface area contributed by atoms with Crippen LogP contribution in [-0.2, 0) is 17.3 Å². The molecule has 0 aliphatic rings. The van der Waals surface area contributed by atoms with Crippen molar-refractivity contribution in [3.63, 3.8) is 0 Å². The zero-order valence-corrected chi connectivity index (χ0v) is 16.2. The predicted octanol–water partition coefficient (Wildman–Crippen LogP) is 5.70. The summed E-state index contributed by atoms with van der Waals surface area (Å²) < 4.78 is 54.4. The van der Waals surface area contributed by atoms with Crippen molar-refractivity contribution in [1.82, 2.24) is 4.90 Å². The van der Waals surface area contributed by atoms with Crippen LogP contribution < -0.4 is 5.32 Å². The summed E-state index contributed by atoms with van der Waals surface area (Å²) in [5.74, 6) is -5.05. The lowest BCUT2D eigenvalue weighted by Gasteiger charge is -2.17. The molecule has 2 rings (SSSR count). The Labute approximate surface area is 165 Å². The van der Waals surface area contributed by atoms with E-state index in [1.165, 1.54) is 36.2 Å². The van der Waals surface area contributed by atoms with Gasteiger partial charge in [0, 0.05) is 43.4 Å². The second-order valence-electron chi connectivity index (χ2n) is 6.46. The summed E-state index contributed by atoms with van der Waals surface area (Å²) in [5, 5.41) is 2.57. The van der Waals surface area contributed by atoms with Crippen LogP contribution in [0.4, 0.5) is 23.2 Å². The first kappa shape index (κ1) is 21.8. The number of nitrogens with one attached hydrogen (secondary N) is 1. The summed E-state index contributed by atoms with van der Waals surface area (Å²) in [7, 11) is 1.55. The molecule has 1 N–H and O–H groups in total. The van der Waals surface area contributed by atoms with E-state index < -0.39 is 23.5 Å². The molecule has 0 atom stereocenters. The van der Waals surface area contributed by atoms with Gasteiger partial charge in [0.25, 0.3) is 11.8 Å². The molecule has 2 aromatic carbocycles. The number of anilines is 1. The summed E-state index contributed by atoms with van der Waals surface area (Å²) in [6.45, 7) is 2.13. The molecule has 3 nitrogen and oxygen atoms in total. The van der Waals surface area contributed by atoms with E-state index in [0.29, 0.717) is 0 Å². The van der Waals surface area contributed by atoms with Crippen LogP contribution in [0.1, 0.15) is 25.0 Å². The molecule has 0 fully saturated rings. The van der Waals surface area contributed by atoms with Gasteiger partial charge < -0.3 is 10.2 Å². The van der Waals surface area contributed by atoms with E-state index >= 15 is 0 Å². The number of rotatable bonds is 6. The molecular weight excluding hydrogens is 396 g/mol. The molecule has 0 aromatic heterocycles. The van der Waals surface area contributed by atoms with Gasteiger partial charge in [-0.25, -0.2) is 17.6 Å². The molecule has 0 radical (unpaired) electrons. The van der Waals surface area contributed by atoms with Gasteiger partial charge in [-0.1, -0.05) is 23.7 Å². The predicted molar refractivity (Wildman–Crippen MR) is 101 cm³/mol. The second-order valence-corrected chi connectivity index (χ2v) is 6.87. The minimum Gasteiger partial charge on any atom is -0.375 e. The van der Waals surface area contributed by atoms with Crippen molar-refractivity contribution in [3.05, 3.63) is 76.0 Å². The molecule has 0 saturated heterocycles. The standard InChI is InChI=1S/C20H19ClF4N2O/c1-12(10-27(3)11-14-16(22)5-4-6-17(14)23)19(28)26-18-9-13(20(2,24)25)7-8-15(18)21/h4-10H,11H2,1-3H3,(H,26,28)/b12-10+. The Hall–Kier alpha value is -2.54. The van der Waals surface area contributed by atoms with Crippen LogP contribution in [0.3, 0.4) is 0 Å². The van der Waals surface area contributed by atoms with Gasteiger partial charge in [-0.3, -0.25) is 4.79 Å². The SMILES string of the molecule is C/C(=C\N(C)Cc1c(F)cccc1F)C(=O)Nc1cc(C(C)(F)F)ccc1Cl. The van der Waals surface area contributed by atoms with Crippen molar-refractivity contribution >= 4 is 23.2 Å². The Morgan fingerprint density at radius 2 is 1.82 bits per heavy atom. The van der Waals surface area contributed by atoms with Crippen molar-refractivity contribution in [2.75, 3.05) is 12.4 Å². The number of benzene rings is 2. The number of hydrogen-bond acceptors (Lipinski definition) is 2. The van der Waals surface area contributed by atoms with Gasteiger partial charge in [-0.2, -0.15) is 0 Å². The van der Waals surface area contributed by atoms with E-state index in [2.05, 4.69) is 5.32 Å². The highest BCUT2D eigenvalue weighted by molar-refractivity contribution is 6.33. The van der Waals surface area contributed by atoms with Gasteiger partial charge in [0.2, 0.25) is 0 Å². The molecule has 0 saturated carbocycles. The highest BCUT2D eigenvalue weighted by Crippen LogP contribution is 2.32. The molecule has 2 aromatic rings. The Bertz CT molecular complexity index is 889. The zero-order chi connectivity index (χ0) is 21.1. The maximum Gasteiger partial charge on any atom is 0.270 e. The highest BCUT2D eigenvalue weighted by atomic mass is 35.5. The lowest BCUT2D eigenvalue weighted by Crippen LogP contribution is -2.19. The van der Waals surface area contributed by atoms with Crippen molar-refractivity contribution in [1.29, 1.82) is 0 Å². The second kappa shape index (κ2) is 8.65. The minimum atomic E-state index is -3.08. The summed E-state index contributed by atoms with van der Waals surface area (Å²) in [6, 6.07) is 7.11. The molecule has 150 valence electrons. The summed E-state index contributed by atoms with van der Waals surface area (Å²) in [5.41, 5.74) is -0.179. The Balaban J connectivity index is 2.14. The smallest absolute Gasteiger partial charge is 0.270 e. The van der Waals surface area contributed by atoms with Crippen molar-refractivity contribution in [3.8, 4) is 0 Å². The molecule has 8 heteroatoms. The molecule has 0 heterocycles. The van der Waals surface area contributed by atoms with E-state index in [1.54, 1.807) is 7.05 Å². The maximum atomic E-state index is 13.7. The topological polar surface area (TPSA) is 32.3 Å². The first-order chi connectivity index (χ1) is 13.0. The van der Waals surface area contributed by atoms with Crippen molar-refractivity contribution in [2.45, 2.75) is 26.3 Å². The van der Waals surface area contributed by atoms with Crippen LogP contribution in [-0.4, -0.2) is 17.9 Å². The fraction of sp³-hybridized carbons (Fsp3) is 0.250. The molecule has 1 amide bonds. The van der Waals surface area contributed by atoms with E-state index in [0.717, 1.165) is 25.1 Å². The van der Waals surface area contributed by atoms with Crippen LogP contribution in [0.15, 0.2) is 48.2 Å². The van der Waals surface area contributed by atoms with Crippen molar-refractivity contribution in [2.24, 2.45) is 0 Å². The minimum absolute atomic E-state index is 0.0428. The number of alkyl halides is 2. The van der Waals surface area contributed by atoms with Gasteiger partial charge in [0.15, 0.2) is 0 Å². The monoisotopic (exact) mass is 414 g/mol. The number of nitrogens with zero attached hydrogens (tertiary/aromatic N) is 1. The first-order valence-corrected chi connectivity index (χ1v) is 8.67. The van der Waals surface area contributed by atoms with E-state index in [1.807, 2.05) is 0 Å². The number of carbonyl (C=O) groups excluding carboxylic acids is 1. The van der Waals surface area contributed by atoms with Gasteiger partial charge in [0.1, 0.15) is 11.6 Å². The van der Waals surface area contributed by atoms with Crippen LogP contribution in [0.5, 0.6) is 0 Å². The van der Waals surface area contributed by atoms with Crippen LogP contribution in [0.2, 0.25) is 5.02 Å². The Kier molecular flexibility index (Phi) is 6.72. The summed E-state index contributed by atoms with van der Waals surface area (Å²) in [4.78, 5) is 13.8. The fourth-order valence-corrected chi connectivity index (χ4v) is 2.65. The average molecular weight is 415 g/mol. The maximum absolute atomic E-state index is 13.7. The number of halogens is 5. The molecule has 0 unspecified atom stereocenters. The van der Waals surface area contributed by atoms with Crippen LogP contribution >= 0.6 is 11.6 Å². The first-order valence-electron chi connectivity index (χ1n) is 8.29. The average Bonchev–Trinajstić information content (AvgIpc) is 2.59. The largest absolute Gasteiger partial charge is 0.375 e. The normalized spacial score (nSPS) is 12.1. The van der Waals surface area contributed by atoms with Crippen LogP contribution in [0, 0.1) is 11.6 Å². The number of hydrogen-bond donors (Lipinski definition) is 1. The number of carbonyl (C=O) groups is 1.